The van der Waals surface area contributed by atoms with Crippen molar-refractivity contribution in [3.05, 3.63) is 0 Å². The molecule has 11 atom stereocenters. The van der Waals surface area contributed by atoms with Crippen molar-refractivity contribution < 1.29 is 10.2 Å². The molecule has 28 heavy (non-hydrogen) atoms. The predicted octanol–water partition coefficient (Wildman–Crippen LogP) is 4.60. The average molecular weight is 392 g/mol. The van der Waals surface area contributed by atoms with Gasteiger partial charge >= 0.3 is 0 Å². The second-order valence-electron chi connectivity index (χ2n) is 11.7. The van der Waals surface area contributed by atoms with Gasteiger partial charge in [0.2, 0.25) is 0 Å². The van der Waals surface area contributed by atoms with Crippen LogP contribution >= 0.6 is 0 Å². The van der Waals surface area contributed by atoms with Crippen LogP contribution in [0.1, 0.15) is 85.5 Å². The Morgan fingerprint density at radius 1 is 0.964 bits per heavy atom. The maximum atomic E-state index is 11.7. The third-order valence-corrected chi connectivity index (χ3v) is 10.8. The summed E-state index contributed by atoms with van der Waals surface area (Å²) in [4.78, 5) is 0. The first-order valence-electron chi connectivity index (χ1n) is 12.3. The van der Waals surface area contributed by atoms with Crippen LogP contribution in [0, 0.1) is 52.3 Å². The second kappa shape index (κ2) is 7.54. The highest BCUT2D eigenvalue weighted by Gasteiger charge is 2.64. The minimum Gasteiger partial charge on any atom is -0.393 e. The van der Waals surface area contributed by atoms with Crippen molar-refractivity contribution in [2.75, 3.05) is 6.54 Å². The van der Waals surface area contributed by atoms with Crippen LogP contribution in [-0.2, 0) is 0 Å². The lowest BCUT2D eigenvalue weighted by Gasteiger charge is -2.64. The molecule has 0 aromatic carbocycles. The van der Waals surface area contributed by atoms with E-state index in [0.717, 1.165) is 44.6 Å². The number of rotatable bonds is 4. The van der Waals surface area contributed by atoms with Gasteiger partial charge in [-0.3, -0.25) is 0 Å². The van der Waals surface area contributed by atoms with Crippen LogP contribution in [0.4, 0.5) is 0 Å². The first-order valence-corrected chi connectivity index (χ1v) is 12.3. The fourth-order valence-electron chi connectivity index (χ4n) is 9.40. The molecule has 0 bridgehead atoms. The van der Waals surface area contributed by atoms with E-state index in [0.29, 0.717) is 46.3 Å². The van der Waals surface area contributed by atoms with Crippen LogP contribution < -0.4 is 5.73 Å². The van der Waals surface area contributed by atoms with Crippen molar-refractivity contribution in [1.29, 1.82) is 0 Å². The van der Waals surface area contributed by atoms with E-state index in [1.165, 1.54) is 25.7 Å². The summed E-state index contributed by atoms with van der Waals surface area (Å²) in [5.74, 6) is 4.12. The molecule has 0 radical (unpaired) electrons. The number of hydrogen-bond acceptors (Lipinski definition) is 3. The minimum absolute atomic E-state index is 0.155. The molecule has 0 amide bonds. The molecule has 3 heteroatoms. The van der Waals surface area contributed by atoms with E-state index in [4.69, 9.17) is 5.73 Å². The maximum absolute atomic E-state index is 11.7. The molecule has 4 aliphatic rings. The lowest BCUT2D eigenvalue weighted by atomic mass is 9.41. The number of hydrogen-bond donors (Lipinski definition) is 3. The van der Waals surface area contributed by atoms with Crippen molar-refractivity contribution in [3.63, 3.8) is 0 Å². The summed E-state index contributed by atoms with van der Waals surface area (Å²) in [5, 5.41) is 22.1. The van der Waals surface area contributed by atoms with Crippen LogP contribution in [0.3, 0.4) is 0 Å². The summed E-state index contributed by atoms with van der Waals surface area (Å²) < 4.78 is 0. The standard InChI is InChI=1S/C25H45NO2/c1-5-17-21-14-16(27)8-11-25(21,4)20-9-12-24(3)18(15(2)10-13-26)6-7-19(24)22(20)23(17)28/h15-23,27-28H,5-14,26H2,1-4H3/t15-,16-,17-,18?,19+,20+,21+,22+,23-,24-,25?/m1/s1. The fourth-order valence-corrected chi connectivity index (χ4v) is 9.40. The highest BCUT2D eigenvalue weighted by Crippen LogP contribution is 2.69. The van der Waals surface area contributed by atoms with Gasteiger partial charge in [-0.15, -0.1) is 0 Å². The van der Waals surface area contributed by atoms with E-state index < -0.39 is 0 Å². The van der Waals surface area contributed by atoms with Gasteiger partial charge in [0.05, 0.1) is 12.2 Å². The topological polar surface area (TPSA) is 66.5 Å². The molecule has 0 aromatic rings. The summed E-state index contributed by atoms with van der Waals surface area (Å²) in [5.41, 5.74) is 6.61. The van der Waals surface area contributed by atoms with Crippen LogP contribution in [-0.4, -0.2) is 29.0 Å². The molecule has 0 aliphatic heterocycles. The maximum Gasteiger partial charge on any atom is 0.0605 e. The van der Waals surface area contributed by atoms with Gasteiger partial charge in [0.1, 0.15) is 0 Å². The van der Waals surface area contributed by atoms with Gasteiger partial charge in [0.15, 0.2) is 0 Å². The van der Waals surface area contributed by atoms with Crippen molar-refractivity contribution >= 4 is 0 Å². The Morgan fingerprint density at radius 2 is 1.64 bits per heavy atom. The minimum atomic E-state index is -0.174. The second-order valence-corrected chi connectivity index (χ2v) is 11.7. The lowest BCUT2D eigenvalue weighted by Crippen LogP contribution is -2.62. The van der Waals surface area contributed by atoms with Gasteiger partial charge in [0.25, 0.3) is 0 Å². The zero-order chi connectivity index (χ0) is 20.3. The highest BCUT2D eigenvalue weighted by atomic mass is 16.3. The lowest BCUT2D eigenvalue weighted by molar-refractivity contribution is -0.203. The SMILES string of the molecule is CC[C@H]1[C@@H](O)[C@@H]2[C@H](CC[C@]3(C)C([C@H](C)CCN)CC[C@@H]23)C2(C)CC[C@@H](O)C[C@@H]12. The molecule has 2 unspecified atom stereocenters. The van der Waals surface area contributed by atoms with Crippen molar-refractivity contribution in [3.8, 4) is 0 Å². The monoisotopic (exact) mass is 391 g/mol. The molecule has 4 saturated carbocycles. The van der Waals surface area contributed by atoms with E-state index in [2.05, 4.69) is 27.7 Å². The zero-order valence-corrected chi connectivity index (χ0v) is 18.7. The Kier molecular flexibility index (Phi) is 5.69. The van der Waals surface area contributed by atoms with Crippen LogP contribution in [0.2, 0.25) is 0 Å². The molecule has 0 heterocycles. The molecule has 0 saturated heterocycles. The number of nitrogens with two attached hydrogens (primary N) is 1. The molecular formula is C25H45NO2. The normalized spacial score (nSPS) is 54.5. The highest BCUT2D eigenvalue weighted by molar-refractivity contribution is 5.13. The van der Waals surface area contributed by atoms with Gasteiger partial charge in [-0.05, 0) is 110 Å². The summed E-state index contributed by atoms with van der Waals surface area (Å²) in [6.45, 7) is 10.6. The summed E-state index contributed by atoms with van der Waals surface area (Å²) in [6, 6.07) is 0. The molecule has 3 nitrogen and oxygen atoms in total. The van der Waals surface area contributed by atoms with Crippen molar-refractivity contribution in [1.82, 2.24) is 0 Å². The Bertz CT molecular complexity index is 567. The molecule has 0 aromatic heterocycles. The van der Waals surface area contributed by atoms with E-state index in [1.54, 1.807) is 0 Å². The molecule has 4 fully saturated rings. The largest absolute Gasteiger partial charge is 0.393 e. The van der Waals surface area contributed by atoms with Gasteiger partial charge in [-0.1, -0.05) is 34.1 Å². The van der Waals surface area contributed by atoms with Crippen molar-refractivity contribution in [2.24, 2.45) is 58.0 Å². The Morgan fingerprint density at radius 3 is 2.32 bits per heavy atom. The van der Waals surface area contributed by atoms with Gasteiger partial charge in [0, 0.05) is 0 Å². The molecule has 0 spiro atoms. The zero-order valence-electron chi connectivity index (χ0n) is 18.7. The first kappa shape index (κ1) is 21.1. The third-order valence-electron chi connectivity index (χ3n) is 10.8. The van der Waals surface area contributed by atoms with E-state index in [9.17, 15) is 10.2 Å². The Hall–Kier alpha value is -0.120. The smallest absolute Gasteiger partial charge is 0.0605 e. The Labute approximate surface area is 172 Å². The Balaban J connectivity index is 1.67. The number of aliphatic hydroxyl groups excluding tert-OH is 2. The van der Waals surface area contributed by atoms with Gasteiger partial charge in [-0.2, -0.15) is 0 Å². The summed E-state index contributed by atoms with van der Waals surface area (Å²) >= 11 is 0. The van der Waals surface area contributed by atoms with Crippen LogP contribution in [0.25, 0.3) is 0 Å². The van der Waals surface area contributed by atoms with E-state index in [-0.39, 0.29) is 12.2 Å². The van der Waals surface area contributed by atoms with Gasteiger partial charge in [-0.25, -0.2) is 0 Å². The summed E-state index contributed by atoms with van der Waals surface area (Å²) in [7, 11) is 0. The molecule has 4 rings (SSSR count). The molecule has 4 N–H and O–H groups in total. The average Bonchev–Trinajstić information content (AvgIpc) is 3.01. The first-order chi connectivity index (χ1) is 13.3. The van der Waals surface area contributed by atoms with E-state index in [1.807, 2.05) is 0 Å². The fraction of sp³-hybridized carbons (Fsp3) is 1.00. The van der Waals surface area contributed by atoms with Crippen LogP contribution in [0.5, 0.6) is 0 Å². The van der Waals surface area contributed by atoms with Gasteiger partial charge < -0.3 is 15.9 Å². The number of aliphatic hydroxyl groups is 2. The number of fused-ring (bicyclic) bond motifs is 5. The quantitative estimate of drug-likeness (QED) is 0.656. The molecule has 162 valence electrons. The summed E-state index contributed by atoms with van der Waals surface area (Å²) in [6.07, 6.45) is 10.1. The molecule has 4 aliphatic carbocycles. The van der Waals surface area contributed by atoms with Crippen LogP contribution in [0.15, 0.2) is 0 Å². The third kappa shape index (κ3) is 2.94. The van der Waals surface area contributed by atoms with E-state index >= 15 is 0 Å². The molecular weight excluding hydrogens is 346 g/mol. The van der Waals surface area contributed by atoms with Crippen molar-refractivity contribution in [2.45, 2.75) is 97.7 Å². The predicted molar refractivity (Wildman–Crippen MR) is 115 cm³/mol.